The van der Waals surface area contributed by atoms with Crippen molar-refractivity contribution < 1.29 is 13.2 Å². The zero-order valence-electron chi connectivity index (χ0n) is 15.7. The maximum Gasteiger partial charge on any atom is 0.224 e. The van der Waals surface area contributed by atoms with Crippen LogP contribution in [0.4, 0.5) is 0 Å². The van der Waals surface area contributed by atoms with Crippen molar-refractivity contribution in [2.45, 2.75) is 50.3 Å². The lowest BCUT2D eigenvalue weighted by atomic mass is 9.93. The molecule has 0 aromatic heterocycles. The average Bonchev–Trinajstić information content (AvgIpc) is 3.28. The van der Waals surface area contributed by atoms with Gasteiger partial charge in [0.05, 0.1) is 11.7 Å². The van der Waals surface area contributed by atoms with Gasteiger partial charge < -0.3 is 5.32 Å². The van der Waals surface area contributed by atoms with Crippen LogP contribution >= 0.6 is 23.2 Å². The number of benzene rings is 1. The molecule has 5 nitrogen and oxygen atoms in total. The fourth-order valence-corrected chi connectivity index (χ4v) is 7.44. The molecule has 3 aliphatic rings. The number of sulfonamides is 1. The maximum atomic E-state index is 13.0. The number of hydrogen-bond donors (Lipinski definition) is 1. The summed E-state index contributed by atoms with van der Waals surface area (Å²) in [5, 5.41) is 3.91. The average molecular weight is 445 g/mol. The molecule has 154 valence electrons. The summed E-state index contributed by atoms with van der Waals surface area (Å²) in [5.74, 6) is 0.850. The Kier molecular flexibility index (Phi) is 5.94. The van der Waals surface area contributed by atoms with Gasteiger partial charge >= 0.3 is 0 Å². The molecule has 2 bridgehead atoms. The van der Waals surface area contributed by atoms with E-state index in [1.165, 1.54) is 23.6 Å². The van der Waals surface area contributed by atoms with Crippen LogP contribution in [0.2, 0.25) is 10.0 Å². The van der Waals surface area contributed by atoms with Gasteiger partial charge in [0.25, 0.3) is 0 Å². The highest BCUT2D eigenvalue weighted by Crippen LogP contribution is 2.44. The summed E-state index contributed by atoms with van der Waals surface area (Å²) >= 11 is 12.3. The Bertz CT molecular complexity index is 841. The van der Waals surface area contributed by atoms with Gasteiger partial charge in [-0.2, -0.15) is 0 Å². The fourth-order valence-electron chi connectivity index (χ4n) is 5.08. The molecule has 4 atom stereocenters. The summed E-state index contributed by atoms with van der Waals surface area (Å²) in [7, 11) is -3.60. The predicted octanol–water partition coefficient (Wildman–Crippen LogP) is 3.84. The first-order chi connectivity index (χ1) is 13.3. The maximum absolute atomic E-state index is 13.0. The van der Waals surface area contributed by atoms with E-state index in [2.05, 4.69) is 5.32 Å². The number of halogens is 2. The number of hydrogen-bond acceptors (Lipinski definition) is 3. The Balaban J connectivity index is 1.40. The van der Waals surface area contributed by atoms with Crippen LogP contribution in [0.5, 0.6) is 0 Å². The smallest absolute Gasteiger partial charge is 0.224 e. The van der Waals surface area contributed by atoms with Gasteiger partial charge in [0.1, 0.15) is 0 Å². The zero-order valence-corrected chi connectivity index (χ0v) is 18.1. The van der Waals surface area contributed by atoms with E-state index in [0.29, 0.717) is 34.5 Å². The van der Waals surface area contributed by atoms with E-state index in [9.17, 15) is 13.2 Å². The van der Waals surface area contributed by atoms with Gasteiger partial charge in [-0.15, -0.1) is 0 Å². The molecule has 0 spiro atoms. The lowest BCUT2D eigenvalue weighted by Crippen LogP contribution is -2.48. The predicted molar refractivity (Wildman–Crippen MR) is 111 cm³/mol. The minimum Gasteiger partial charge on any atom is -0.353 e. The summed E-state index contributed by atoms with van der Waals surface area (Å²) in [6.45, 7) is 0.666. The molecular weight excluding hydrogens is 419 g/mol. The molecule has 4 rings (SSSR count). The van der Waals surface area contributed by atoms with Gasteiger partial charge in [-0.1, -0.05) is 35.7 Å². The van der Waals surface area contributed by atoms with Gasteiger partial charge in [0, 0.05) is 34.7 Å². The Morgan fingerprint density at radius 3 is 2.54 bits per heavy atom. The van der Waals surface area contributed by atoms with Crippen LogP contribution in [-0.2, 0) is 20.6 Å². The second-order valence-corrected chi connectivity index (χ2v) is 11.2. The number of carbonyl (C=O) groups is 1. The van der Waals surface area contributed by atoms with Gasteiger partial charge in [-0.05, 0) is 56.1 Å². The van der Waals surface area contributed by atoms with Gasteiger partial charge in [-0.3, -0.25) is 4.79 Å². The fraction of sp³-hybridized carbons (Fsp3) is 0.650. The van der Waals surface area contributed by atoms with E-state index in [1.54, 1.807) is 18.2 Å². The van der Waals surface area contributed by atoms with Gasteiger partial charge in [0.15, 0.2) is 0 Å². The topological polar surface area (TPSA) is 66.5 Å². The largest absolute Gasteiger partial charge is 0.353 e. The standard InChI is InChI=1S/C20H26Cl2N2O3S/c21-17-4-1-5-18(22)16(17)12-28(26,27)24-8-2-3-15(11-24)20(25)23-19-10-13-6-7-14(19)9-13/h1,4-5,13-15,19H,2-3,6-12H2,(H,23,25)/t13-,14-,15-,19-/m0/s1. The number of nitrogens with one attached hydrogen (secondary N) is 1. The first-order valence-electron chi connectivity index (χ1n) is 10.0. The molecule has 2 aliphatic carbocycles. The Morgan fingerprint density at radius 2 is 1.89 bits per heavy atom. The van der Waals surface area contributed by atoms with Crippen molar-refractivity contribution in [2.75, 3.05) is 13.1 Å². The van der Waals surface area contributed by atoms with Gasteiger partial charge in [0.2, 0.25) is 15.9 Å². The summed E-state index contributed by atoms with van der Waals surface area (Å²) in [6.07, 6.45) is 6.22. The summed E-state index contributed by atoms with van der Waals surface area (Å²) in [5.41, 5.74) is 0.416. The Hall–Kier alpha value is -0.820. The molecule has 1 aromatic carbocycles. The third-order valence-electron chi connectivity index (χ3n) is 6.60. The van der Waals surface area contributed by atoms with E-state index in [1.807, 2.05) is 0 Å². The molecule has 28 heavy (non-hydrogen) atoms. The summed E-state index contributed by atoms with van der Waals surface area (Å²) in [6, 6.07) is 5.25. The van der Waals surface area contributed by atoms with E-state index in [4.69, 9.17) is 23.2 Å². The first kappa shape index (κ1) is 20.5. The van der Waals surface area contributed by atoms with Crippen LogP contribution in [0.3, 0.4) is 0 Å². The van der Waals surface area contributed by atoms with Gasteiger partial charge in [-0.25, -0.2) is 12.7 Å². The van der Waals surface area contributed by atoms with Crippen LogP contribution in [0, 0.1) is 17.8 Å². The van der Waals surface area contributed by atoms with Crippen molar-refractivity contribution >= 4 is 39.1 Å². The quantitative estimate of drug-likeness (QED) is 0.749. The monoisotopic (exact) mass is 444 g/mol. The van der Waals surface area contributed by atoms with Crippen molar-refractivity contribution in [1.82, 2.24) is 9.62 Å². The van der Waals surface area contributed by atoms with Crippen LogP contribution in [-0.4, -0.2) is 37.8 Å². The number of rotatable bonds is 5. The minimum absolute atomic E-state index is 0.00762. The normalized spacial score (nSPS) is 30.5. The molecule has 1 aliphatic heterocycles. The second-order valence-electron chi connectivity index (χ2n) is 8.44. The SMILES string of the molecule is O=C(N[C@H]1C[C@H]2CC[C@H]1C2)[C@H]1CCCN(S(=O)(=O)Cc2c(Cl)cccc2Cl)C1. The van der Waals surface area contributed by atoms with Crippen molar-refractivity contribution in [2.24, 2.45) is 17.8 Å². The van der Waals surface area contributed by atoms with Crippen LogP contribution < -0.4 is 5.32 Å². The van der Waals surface area contributed by atoms with Crippen LogP contribution in [0.25, 0.3) is 0 Å². The number of nitrogens with zero attached hydrogens (tertiary/aromatic N) is 1. The zero-order chi connectivity index (χ0) is 19.9. The summed E-state index contributed by atoms with van der Waals surface area (Å²) < 4.78 is 27.3. The van der Waals surface area contributed by atoms with E-state index < -0.39 is 10.0 Å². The van der Waals surface area contributed by atoms with E-state index >= 15 is 0 Å². The molecule has 1 aromatic rings. The Labute approximate surface area is 176 Å². The lowest BCUT2D eigenvalue weighted by molar-refractivity contribution is -0.127. The highest BCUT2D eigenvalue weighted by atomic mass is 35.5. The number of piperidine rings is 1. The van der Waals surface area contributed by atoms with Crippen LogP contribution in [0.1, 0.15) is 44.1 Å². The summed E-state index contributed by atoms with van der Waals surface area (Å²) in [4.78, 5) is 12.8. The molecule has 1 N–H and O–H groups in total. The number of amides is 1. The molecular formula is C20H26Cl2N2O3S. The highest BCUT2D eigenvalue weighted by Gasteiger charge is 2.41. The van der Waals surface area contributed by atoms with Crippen molar-refractivity contribution in [3.63, 3.8) is 0 Å². The molecule has 1 heterocycles. The lowest BCUT2D eigenvalue weighted by Gasteiger charge is -2.33. The highest BCUT2D eigenvalue weighted by molar-refractivity contribution is 7.88. The number of fused-ring (bicyclic) bond motifs is 2. The minimum atomic E-state index is -3.60. The Morgan fingerprint density at radius 1 is 1.14 bits per heavy atom. The molecule has 8 heteroatoms. The molecule has 2 saturated carbocycles. The molecule has 0 radical (unpaired) electrons. The molecule has 1 saturated heterocycles. The third-order valence-corrected chi connectivity index (χ3v) is 9.08. The van der Waals surface area contributed by atoms with E-state index in [0.717, 1.165) is 18.8 Å². The number of carbonyl (C=O) groups excluding carboxylic acids is 1. The molecule has 0 unspecified atom stereocenters. The molecule has 3 fully saturated rings. The van der Waals surface area contributed by atoms with Crippen molar-refractivity contribution in [3.05, 3.63) is 33.8 Å². The molecule has 1 amide bonds. The third kappa shape index (κ3) is 4.20. The first-order valence-corrected chi connectivity index (χ1v) is 12.4. The van der Waals surface area contributed by atoms with Crippen molar-refractivity contribution in [3.8, 4) is 0 Å². The van der Waals surface area contributed by atoms with Crippen molar-refractivity contribution in [1.29, 1.82) is 0 Å². The second kappa shape index (κ2) is 8.13. The van der Waals surface area contributed by atoms with Crippen LogP contribution in [0.15, 0.2) is 18.2 Å². The van der Waals surface area contributed by atoms with E-state index in [-0.39, 0.29) is 30.2 Å².